The van der Waals surface area contributed by atoms with Crippen LogP contribution in [0, 0.1) is 0 Å². The molecule has 24 heavy (non-hydrogen) atoms. The minimum absolute atomic E-state index is 0. The number of nitrogens with two attached hydrogens (primary N) is 1. The second-order valence-electron chi connectivity index (χ2n) is 5.34. The molecule has 1 aromatic carbocycles. The fourth-order valence-corrected chi connectivity index (χ4v) is 2.57. The number of hydrogen-bond donors (Lipinski definition) is 2. The van der Waals surface area contributed by atoms with Gasteiger partial charge in [0.2, 0.25) is 0 Å². The summed E-state index contributed by atoms with van der Waals surface area (Å²) in [7, 11) is 0. The molecule has 3 rings (SSSR count). The molecule has 2 heterocycles. The van der Waals surface area contributed by atoms with Crippen molar-refractivity contribution in [2.75, 3.05) is 11.9 Å². The smallest absolute Gasteiger partial charge is 0.253 e. The first kappa shape index (κ1) is 20.4. The van der Waals surface area contributed by atoms with Crippen LogP contribution in [0.2, 0.25) is 0 Å². The first-order chi connectivity index (χ1) is 10.8. The molecule has 1 aliphatic rings. The van der Waals surface area contributed by atoms with Crippen molar-refractivity contribution in [3.63, 3.8) is 0 Å². The number of carbonyl (C=O) groups is 1. The molecule has 2 atom stereocenters. The van der Waals surface area contributed by atoms with E-state index in [1.807, 2.05) is 36.4 Å². The van der Waals surface area contributed by atoms with Gasteiger partial charge in [0.15, 0.2) is 0 Å². The Hall–Kier alpha value is -1.66. The quantitative estimate of drug-likeness (QED) is 0.867. The molecule has 0 bridgehead atoms. The standard InChI is InChI=1S/C17H19N3O2.2ClH/c18-11-14-6-7-16(22-14)17(21)20-13-8-9-19-15(10-13)12-4-2-1-3-5-12;;/h1-5,8-10,14,16H,6-7,11,18H2,(H,19,20,21);2*1H/t14-,16+;;/m1../s1. The van der Waals surface area contributed by atoms with Gasteiger partial charge >= 0.3 is 0 Å². The van der Waals surface area contributed by atoms with E-state index < -0.39 is 6.10 Å². The van der Waals surface area contributed by atoms with Gasteiger partial charge in [0, 0.05) is 24.0 Å². The Balaban J connectivity index is 0.00000144. The largest absolute Gasteiger partial charge is 0.364 e. The predicted molar refractivity (Wildman–Crippen MR) is 99.7 cm³/mol. The number of nitrogens with zero attached hydrogens (tertiary/aromatic N) is 1. The SMILES string of the molecule is Cl.Cl.NC[C@H]1CC[C@@H](C(=O)Nc2ccnc(-c3ccccc3)c2)O1. The van der Waals surface area contributed by atoms with E-state index in [0.717, 1.165) is 23.4 Å². The molecule has 0 unspecified atom stereocenters. The first-order valence-corrected chi connectivity index (χ1v) is 7.44. The molecule has 0 saturated carbocycles. The van der Waals surface area contributed by atoms with Gasteiger partial charge in [0.1, 0.15) is 6.10 Å². The van der Waals surface area contributed by atoms with E-state index in [9.17, 15) is 4.79 Å². The van der Waals surface area contributed by atoms with Crippen molar-refractivity contribution in [2.24, 2.45) is 5.73 Å². The number of aromatic nitrogens is 1. The molecule has 1 saturated heterocycles. The van der Waals surface area contributed by atoms with Crippen LogP contribution in [0.15, 0.2) is 48.7 Å². The molecule has 7 heteroatoms. The van der Waals surface area contributed by atoms with E-state index in [2.05, 4.69) is 10.3 Å². The number of rotatable bonds is 4. The number of pyridine rings is 1. The average molecular weight is 370 g/mol. The van der Waals surface area contributed by atoms with Crippen molar-refractivity contribution in [3.8, 4) is 11.3 Å². The Bertz CT molecular complexity index is 655. The van der Waals surface area contributed by atoms with Gasteiger partial charge in [-0.25, -0.2) is 0 Å². The summed E-state index contributed by atoms with van der Waals surface area (Å²) < 4.78 is 5.61. The molecule has 2 aromatic rings. The highest BCUT2D eigenvalue weighted by molar-refractivity contribution is 5.94. The minimum atomic E-state index is -0.415. The lowest BCUT2D eigenvalue weighted by atomic mass is 10.1. The summed E-state index contributed by atoms with van der Waals surface area (Å²) in [5.74, 6) is -0.124. The summed E-state index contributed by atoms with van der Waals surface area (Å²) >= 11 is 0. The topological polar surface area (TPSA) is 77.2 Å². The third-order valence-electron chi connectivity index (χ3n) is 3.76. The molecule has 1 amide bonds. The molecule has 130 valence electrons. The van der Waals surface area contributed by atoms with E-state index in [1.54, 1.807) is 12.3 Å². The number of anilines is 1. The lowest BCUT2D eigenvalue weighted by Crippen LogP contribution is -2.29. The zero-order chi connectivity index (χ0) is 15.4. The van der Waals surface area contributed by atoms with Crippen molar-refractivity contribution < 1.29 is 9.53 Å². The van der Waals surface area contributed by atoms with Crippen LogP contribution in [0.1, 0.15) is 12.8 Å². The summed E-state index contributed by atoms with van der Waals surface area (Å²) in [5, 5.41) is 2.89. The van der Waals surface area contributed by atoms with Crippen molar-refractivity contribution in [2.45, 2.75) is 25.0 Å². The molecular weight excluding hydrogens is 349 g/mol. The summed E-state index contributed by atoms with van der Waals surface area (Å²) in [6.45, 7) is 0.456. The Kier molecular flexibility index (Phi) is 8.15. The number of nitrogens with one attached hydrogen (secondary N) is 1. The van der Waals surface area contributed by atoms with Gasteiger partial charge in [-0.3, -0.25) is 9.78 Å². The van der Waals surface area contributed by atoms with Crippen LogP contribution in [0.4, 0.5) is 5.69 Å². The van der Waals surface area contributed by atoms with E-state index in [4.69, 9.17) is 10.5 Å². The maximum absolute atomic E-state index is 12.2. The van der Waals surface area contributed by atoms with Crippen LogP contribution >= 0.6 is 24.8 Å². The van der Waals surface area contributed by atoms with Crippen molar-refractivity contribution >= 4 is 36.4 Å². The summed E-state index contributed by atoms with van der Waals surface area (Å²) in [5.41, 5.74) is 8.13. The van der Waals surface area contributed by atoms with E-state index in [-0.39, 0.29) is 36.8 Å². The van der Waals surface area contributed by atoms with Crippen LogP contribution in [-0.4, -0.2) is 29.6 Å². The fourth-order valence-electron chi connectivity index (χ4n) is 2.57. The van der Waals surface area contributed by atoms with Crippen LogP contribution in [0.3, 0.4) is 0 Å². The summed E-state index contributed by atoms with van der Waals surface area (Å²) in [6.07, 6.45) is 2.82. The third kappa shape index (κ3) is 4.92. The molecule has 1 fully saturated rings. The second-order valence-corrected chi connectivity index (χ2v) is 5.34. The van der Waals surface area contributed by atoms with Crippen LogP contribution in [0.5, 0.6) is 0 Å². The van der Waals surface area contributed by atoms with Crippen LogP contribution in [0.25, 0.3) is 11.3 Å². The highest BCUT2D eigenvalue weighted by atomic mass is 35.5. The van der Waals surface area contributed by atoms with Gasteiger partial charge in [-0.1, -0.05) is 30.3 Å². The van der Waals surface area contributed by atoms with E-state index >= 15 is 0 Å². The molecule has 0 spiro atoms. The Morgan fingerprint density at radius 1 is 1.21 bits per heavy atom. The van der Waals surface area contributed by atoms with Crippen LogP contribution in [-0.2, 0) is 9.53 Å². The van der Waals surface area contributed by atoms with Gasteiger partial charge in [-0.2, -0.15) is 0 Å². The van der Waals surface area contributed by atoms with Gasteiger partial charge in [0.25, 0.3) is 5.91 Å². The highest BCUT2D eigenvalue weighted by Crippen LogP contribution is 2.22. The monoisotopic (exact) mass is 369 g/mol. The fraction of sp³-hybridized carbons (Fsp3) is 0.294. The van der Waals surface area contributed by atoms with Crippen molar-refractivity contribution in [1.82, 2.24) is 4.98 Å². The maximum Gasteiger partial charge on any atom is 0.253 e. The molecule has 5 nitrogen and oxygen atoms in total. The number of carbonyl (C=O) groups excluding carboxylic acids is 1. The van der Waals surface area contributed by atoms with Gasteiger partial charge in [-0.15, -0.1) is 24.8 Å². The van der Waals surface area contributed by atoms with Gasteiger partial charge in [-0.05, 0) is 25.0 Å². The number of ether oxygens (including phenoxy) is 1. The third-order valence-corrected chi connectivity index (χ3v) is 3.76. The molecule has 1 aromatic heterocycles. The lowest BCUT2D eigenvalue weighted by Gasteiger charge is -2.13. The maximum atomic E-state index is 12.2. The second kappa shape index (κ2) is 9.59. The van der Waals surface area contributed by atoms with Crippen molar-refractivity contribution in [3.05, 3.63) is 48.7 Å². The molecule has 1 aliphatic heterocycles. The summed E-state index contributed by atoms with van der Waals surface area (Å²) in [6, 6.07) is 13.5. The molecular formula is C17H21Cl2N3O2. The average Bonchev–Trinajstić information content (AvgIpc) is 3.05. The first-order valence-electron chi connectivity index (χ1n) is 7.44. The van der Waals surface area contributed by atoms with Crippen molar-refractivity contribution in [1.29, 1.82) is 0 Å². The van der Waals surface area contributed by atoms with E-state index in [1.165, 1.54) is 0 Å². The Labute approximate surface area is 153 Å². The van der Waals surface area contributed by atoms with Gasteiger partial charge < -0.3 is 15.8 Å². The number of halogens is 2. The molecule has 3 N–H and O–H groups in total. The zero-order valence-corrected chi connectivity index (χ0v) is 14.7. The highest BCUT2D eigenvalue weighted by Gasteiger charge is 2.29. The lowest BCUT2D eigenvalue weighted by molar-refractivity contribution is -0.126. The normalized spacial score (nSPS) is 19.0. The predicted octanol–water partition coefficient (Wildman–Crippen LogP) is 3.04. The van der Waals surface area contributed by atoms with E-state index in [0.29, 0.717) is 13.0 Å². The Morgan fingerprint density at radius 3 is 2.62 bits per heavy atom. The number of amides is 1. The summed E-state index contributed by atoms with van der Waals surface area (Å²) in [4.78, 5) is 16.6. The minimum Gasteiger partial charge on any atom is -0.364 e. The number of hydrogen-bond acceptors (Lipinski definition) is 4. The number of benzene rings is 1. The van der Waals surface area contributed by atoms with Gasteiger partial charge in [0.05, 0.1) is 11.8 Å². The van der Waals surface area contributed by atoms with Crippen LogP contribution < -0.4 is 11.1 Å². The zero-order valence-electron chi connectivity index (χ0n) is 13.1. The molecule has 0 radical (unpaired) electrons. The Morgan fingerprint density at radius 2 is 1.96 bits per heavy atom. The molecule has 0 aliphatic carbocycles.